The number of esters is 2. The molecule has 1 aliphatic carbocycles. The number of rotatable bonds is 9. The monoisotopic (exact) mass is 749 g/mol. The highest BCUT2D eigenvalue weighted by Gasteiger charge is 2.17. The predicted octanol–water partition coefficient (Wildman–Crippen LogP) is 9.93. The van der Waals surface area contributed by atoms with E-state index in [4.69, 9.17) is 26.1 Å². The van der Waals surface area contributed by atoms with Crippen molar-refractivity contribution in [3.8, 4) is 0 Å². The molecular weight excluding hydrogens is 686 g/mol. The van der Waals surface area contributed by atoms with Crippen LogP contribution < -0.4 is 9.80 Å². The second kappa shape index (κ2) is 22.8. The number of aryl methyl sites for hydroxylation is 3. The van der Waals surface area contributed by atoms with E-state index in [1.165, 1.54) is 49.7 Å². The highest BCUT2D eigenvalue weighted by Crippen LogP contribution is 2.22. The van der Waals surface area contributed by atoms with Gasteiger partial charge in [-0.25, -0.2) is 19.6 Å². The van der Waals surface area contributed by atoms with Crippen molar-refractivity contribution < 1.29 is 19.1 Å². The van der Waals surface area contributed by atoms with E-state index in [0.717, 1.165) is 72.3 Å². The number of alkyl halides is 1. The van der Waals surface area contributed by atoms with E-state index >= 15 is 0 Å². The first-order valence-electron chi connectivity index (χ1n) is 18.5. The third kappa shape index (κ3) is 14.0. The van der Waals surface area contributed by atoms with E-state index in [1.807, 2.05) is 56.7 Å². The Balaban J connectivity index is 0.000000297. The van der Waals surface area contributed by atoms with Gasteiger partial charge >= 0.3 is 11.9 Å². The molecule has 9 nitrogen and oxygen atoms in total. The summed E-state index contributed by atoms with van der Waals surface area (Å²) in [7, 11) is 0. The molecular formula is C43H64ClN5O4. The lowest BCUT2D eigenvalue weighted by atomic mass is 10.1. The van der Waals surface area contributed by atoms with E-state index in [1.54, 1.807) is 0 Å². The summed E-state index contributed by atoms with van der Waals surface area (Å²) in [6.07, 6.45) is 14.3. The topological polar surface area (TPSA) is 89.8 Å². The molecule has 0 aromatic carbocycles. The molecule has 2 aliphatic heterocycles. The Hall–Kier alpha value is -4.11. The number of hydrogen-bond acceptors (Lipinski definition) is 8. The molecule has 3 aromatic rings. The Bertz CT molecular complexity index is 1670. The first-order chi connectivity index (χ1) is 24.6. The van der Waals surface area contributed by atoms with Gasteiger partial charge in [-0.1, -0.05) is 26.5 Å². The number of anilines is 2. The molecule has 3 aromatic heterocycles. The van der Waals surface area contributed by atoms with Gasteiger partial charge in [-0.3, -0.25) is 0 Å². The van der Waals surface area contributed by atoms with Crippen LogP contribution in [0.25, 0.3) is 0 Å². The Morgan fingerprint density at radius 2 is 1.21 bits per heavy atom. The molecule has 0 amide bonds. The lowest BCUT2D eigenvalue weighted by molar-refractivity contribution is -0.138. The maximum atomic E-state index is 12.2. The molecule has 0 radical (unpaired) electrons. The van der Waals surface area contributed by atoms with Gasteiger partial charge in [-0.15, -0.1) is 11.6 Å². The maximum Gasteiger partial charge on any atom is 0.354 e. The number of pyridine rings is 2. The van der Waals surface area contributed by atoms with Crippen LogP contribution in [-0.4, -0.2) is 65.9 Å². The van der Waals surface area contributed by atoms with E-state index in [2.05, 4.69) is 52.9 Å². The van der Waals surface area contributed by atoms with E-state index in [0.29, 0.717) is 31.3 Å². The number of piperidine rings is 2. The summed E-state index contributed by atoms with van der Waals surface area (Å²) in [4.78, 5) is 37.4. The van der Waals surface area contributed by atoms with Gasteiger partial charge in [0.2, 0.25) is 0 Å². The molecule has 2 fully saturated rings. The van der Waals surface area contributed by atoms with E-state index in [-0.39, 0.29) is 26.8 Å². The molecule has 53 heavy (non-hydrogen) atoms. The van der Waals surface area contributed by atoms with Crippen LogP contribution in [0, 0.1) is 20.8 Å². The maximum absolute atomic E-state index is 12.2. The van der Waals surface area contributed by atoms with Gasteiger partial charge in [0.25, 0.3) is 0 Å². The zero-order valence-electron chi connectivity index (χ0n) is 31.5. The molecule has 6 rings (SSSR count). The van der Waals surface area contributed by atoms with Crippen LogP contribution in [-0.2, 0) is 26.7 Å². The van der Waals surface area contributed by atoms with Crippen molar-refractivity contribution >= 4 is 35.2 Å². The third-order valence-corrected chi connectivity index (χ3v) is 9.22. The van der Waals surface area contributed by atoms with Crippen LogP contribution >= 0.6 is 11.6 Å². The smallest absolute Gasteiger partial charge is 0.354 e. The molecule has 10 heteroatoms. The highest BCUT2D eigenvalue weighted by molar-refractivity contribution is 6.16. The standard InChI is InChI=1S/C20H27N3O2.C12H17ClN2.C9H12O2.2CH4/c1-4-25-20(24)18-11-16(3)13-23(18)14-17-10-15(2)12-19(21-17)22-8-6-5-7-9-22;1-10-7-11(9-13)14-12(8-10)15-5-3-2-4-6-15;1-3-11-9(10)8-5-4-7(2)6-8;;/h10-13H,4-9,14H2,1-3H3;7-8H,2-6,9H2,1H3;4,6H,3,5H2,1-2H3;2*1H4. The normalized spacial score (nSPS) is 14.9. The highest BCUT2D eigenvalue weighted by atomic mass is 35.5. The lowest BCUT2D eigenvalue weighted by Crippen LogP contribution is -2.30. The molecule has 2 saturated heterocycles. The van der Waals surface area contributed by atoms with Crippen LogP contribution in [0.2, 0.25) is 0 Å². The summed E-state index contributed by atoms with van der Waals surface area (Å²) in [5, 5.41) is 0. The zero-order valence-corrected chi connectivity index (χ0v) is 32.2. The number of carbonyl (C=O) groups is 2. The summed E-state index contributed by atoms with van der Waals surface area (Å²) in [6.45, 7) is 17.6. The number of allylic oxidation sites excluding steroid dienone is 3. The number of ether oxygens (including phenoxy) is 2. The number of hydrogen-bond donors (Lipinski definition) is 0. The van der Waals surface area contributed by atoms with Crippen LogP contribution in [0.15, 0.2) is 59.8 Å². The Morgan fingerprint density at radius 3 is 1.70 bits per heavy atom. The Kier molecular flexibility index (Phi) is 19.4. The first-order valence-corrected chi connectivity index (χ1v) is 19.0. The minimum atomic E-state index is -0.278. The minimum absolute atomic E-state index is 0. The molecule has 0 spiro atoms. The molecule has 0 N–H and O–H groups in total. The van der Waals surface area contributed by atoms with Gasteiger partial charge in [-0.2, -0.15) is 0 Å². The summed E-state index contributed by atoms with van der Waals surface area (Å²) in [5.41, 5.74) is 7.96. The molecule has 0 atom stereocenters. The summed E-state index contributed by atoms with van der Waals surface area (Å²) >= 11 is 5.83. The largest absolute Gasteiger partial charge is 0.463 e. The van der Waals surface area contributed by atoms with Gasteiger partial charge in [0.1, 0.15) is 17.3 Å². The van der Waals surface area contributed by atoms with Gasteiger partial charge in [0.15, 0.2) is 0 Å². The van der Waals surface area contributed by atoms with Crippen LogP contribution in [0.4, 0.5) is 11.6 Å². The molecule has 292 valence electrons. The fraction of sp³-hybridized carbons (Fsp3) is 0.535. The second-order valence-corrected chi connectivity index (χ2v) is 13.8. The summed E-state index contributed by atoms with van der Waals surface area (Å²) in [5.74, 6) is 2.20. The Morgan fingerprint density at radius 1 is 0.698 bits per heavy atom. The number of aromatic nitrogens is 3. The minimum Gasteiger partial charge on any atom is -0.463 e. The zero-order chi connectivity index (χ0) is 36.8. The fourth-order valence-electron chi connectivity index (χ4n) is 6.53. The number of nitrogens with zero attached hydrogens (tertiary/aromatic N) is 5. The molecule has 3 aliphatic rings. The van der Waals surface area contributed by atoms with Crippen molar-refractivity contribution in [1.29, 1.82) is 0 Å². The predicted molar refractivity (Wildman–Crippen MR) is 220 cm³/mol. The van der Waals surface area contributed by atoms with Crippen molar-refractivity contribution in [1.82, 2.24) is 14.5 Å². The van der Waals surface area contributed by atoms with E-state index in [9.17, 15) is 9.59 Å². The van der Waals surface area contributed by atoms with Crippen molar-refractivity contribution in [2.75, 3.05) is 49.2 Å². The molecule has 0 unspecified atom stereocenters. The second-order valence-electron chi connectivity index (χ2n) is 13.5. The molecule has 0 bridgehead atoms. The van der Waals surface area contributed by atoms with Crippen LogP contribution in [0.5, 0.6) is 0 Å². The SMILES string of the molecule is C.C.CCOC(=O)C1=CC(C)=CC1.CCOC(=O)c1cc(C)cn1Cc1cc(C)cc(N2CCCCC2)n1.Cc1cc(CCl)nc(N2CCCCC2)c1. The van der Waals surface area contributed by atoms with E-state index < -0.39 is 0 Å². The Labute approximate surface area is 324 Å². The van der Waals surface area contributed by atoms with Gasteiger partial charge in [0, 0.05) is 37.9 Å². The van der Waals surface area contributed by atoms with Gasteiger partial charge in [0.05, 0.1) is 37.0 Å². The molecule has 0 saturated carbocycles. The number of halogens is 1. The van der Waals surface area contributed by atoms with Gasteiger partial charge < -0.3 is 23.8 Å². The quantitative estimate of drug-likeness (QED) is 0.158. The van der Waals surface area contributed by atoms with Crippen LogP contribution in [0.3, 0.4) is 0 Å². The van der Waals surface area contributed by atoms with Crippen molar-refractivity contribution in [2.45, 2.75) is 114 Å². The fourth-order valence-corrected chi connectivity index (χ4v) is 6.66. The van der Waals surface area contributed by atoms with Crippen molar-refractivity contribution in [3.63, 3.8) is 0 Å². The van der Waals surface area contributed by atoms with Crippen molar-refractivity contribution in [3.05, 3.63) is 93.6 Å². The average Bonchev–Trinajstić information content (AvgIpc) is 3.74. The lowest BCUT2D eigenvalue weighted by Gasteiger charge is -2.28. The van der Waals surface area contributed by atoms with Gasteiger partial charge in [-0.05, 0) is 140 Å². The summed E-state index contributed by atoms with van der Waals surface area (Å²) in [6, 6.07) is 10.3. The first kappa shape index (κ1) is 45.0. The van der Waals surface area contributed by atoms with Crippen molar-refractivity contribution in [2.24, 2.45) is 0 Å². The third-order valence-electron chi connectivity index (χ3n) is 8.95. The molecule has 5 heterocycles. The summed E-state index contributed by atoms with van der Waals surface area (Å²) < 4.78 is 11.9. The average molecular weight is 750 g/mol. The number of carbonyl (C=O) groups excluding carboxylic acids is 2. The van der Waals surface area contributed by atoms with Crippen LogP contribution in [0.1, 0.15) is 119 Å².